The Bertz CT molecular complexity index is 254. The van der Waals surface area contributed by atoms with Gasteiger partial charge in [0.2, 0.25) is 0 Å². The Kier molecular flexibility index (Phi) is 1.91. The molecule has 0 aliphatic heterocycles. The van der Waals surface area contributed by atoms with Crippen molar-refractivity contribution < 1.29 is 5.11 Å². The van der Waals surface area contributed by atoms with Crippen molar-refractivity contribution >= 4 is 0 Å². The van der Waals surface area contributed by atoms with Crippen LogP contribution in [0.2, 0.25) is 0 Å². The van der Waals surface area contributed by atoms with Gasteiger partial charge in [-0.1, -0.05) is 34.6 Å². The first kappa shape index (κ1) is 10.5. The van der Waals surface area contributed by atoms with E-state index in [-0.39, 0.29) is 0 Å². The van der Waals surface area contributed by atoms with Crippen molar-refractivity contribution in [1.82, 2.24) is 0 Å². The van der Waals surface area contributed by atoms with Gasteiger partial charge in [0.15, 0.2) is 0 Å². The third-order valence-electron chi connectivity index (χ3n) is 5.30. The van der Waals surface area contributed by atoms with Crippen molar-refractivity contribution in [1.29, 1.82) is 0 Å². The largest absolute Gasteiger partial charge is 0.396 e. The molecule has 2 saturated carbocycles. The van der Waals surface area contributed by atoms with Crippen LogP contribution >= 0.6 is 0 Å². The second kappa shape index (κ2) is 2.55. The number of rotatable bonds is 1. The Morgan fingerprint density at radius 2 is 1.79 bits per heavy atom. The van der Waals surface area contributed by atoms with Gasteiger partial charge in [-0.15, -0.1) is 0 Å². The molecule has 82 valence electrons. The first-order valence-corrected chi connectivity index (χ1v) is 5.89. The Hall–Kier alpha value is -0.0400. The van der Waals surface area contributed by atoms with Gasteiger partial charge in [-0.05, 0) is 40.9 Å². The van der Waals surface area contributed by atoms with Crippen LogP contribution in [0.25, 0.3) is 0 Å². The molecule has 0 heterocycles. The predicted molar refractivity (Wildman–Crippen MR) is 59.0 cm³/mol. The van der Waals surface area contributed by atoms with E-state index < -0.39 is 0 Å². The quantitative estimate of drug-likeness (QED) is 0.683. The van der Waals surface area contributed by atoms with Crippen LogP contribution in [0.15, 0.2) is 0 Å². The Balaban J connectivity index is 2.28. The molecule has 0 aromatic carbocycles. The van der Waals surface area contributed by atoms with E-state index >= 15 is 0 Å². The molecule has 3 unspecified atom stereocenters. The van der Waals surface area contributed by atoms with Gasteiger partial charge in [-0.2, -0.15) is 0 Å². The average molecular weight is 196 g/mol. The minimum Gasteiger partial charge on any atom is -0.396 e. The number of hydrogen-bond donors (Lipinski definition) is 1. The lowest BCUT2D eigenvalue weighted by atomic mass is 9.84. The number of aliphatic hydroxyl groups is 1. The molecule has 1 N–H and O–H groups in total. The molecule has 2 rings (SSSR count). The van der Waals surface area contributed by atoms with E-state index in [2.05, 4.69) is 34.6 Å². The van der Waals surface area contributed by atoms with Crippen molar-refractivity contribution in [2.45, 2.75) is 47.5 Å². The highest BCUT2D eigenvalue weighted by Crippen LogP contribution is 2.79. The highest BCUT2D eigenvalue weighted by Gasteiger charge is 2.75. The van der Waals surface area contributed by atoms with Crippen molar-refractivity contribution in [2.75, 3.05) is 6.61 Å². The minimum absolute atomic E-state index is 0.370. The van der Waals surface area contributed by atoms with E-state index in [1.54, 1.807) is 0 Å². The summed E-state index contributed by atoms with van der Waals surface area (Å²) in [6, 6.07) is 0. The molecule has 1 spiro atoms. The Labute approximate surface area is 87.9 Å². The monoisotopic (exact) mass is 196 g/mol. The molecular formula is C13H24O. The fraction of sp³-hybridized carbons (Fsp3) is 1.00. The molecule has 0 saturated heterocycles. The minimum atomic E-state index is 0.370. The van der Waals surface area contributed by atoms with Gasteiger partial charge >= 0.3 is 0 Å². The van der Waals surface area contributed by atoms with E-state index in [0.717, 1.165) is 5.92 Å². The molecule has 1 nitrogen and oxygen atoms in total. The summed E-state index contributed by atoms with van der Waals surface area (Å²) in [5, 5.41) is 9.46. The van der Waals surface area contributed by atoms with E-state index in [1.807, 2.05) is 0 Å². The van der Waals surface area contributed by atoms with Crippen LogP contribution in [0.3, 0.4) is 0 Å². The van der Waals surface area contributed by atoms with Gasteiger partial charge in [0.05, 0.1) is 0 Å². The summed E-state index contributed by atoms with van der Waals surface area (Å²) in [6.07, 6.45) is 2.63. The van der Waals surface area contributed by atoms with Crippen molar-refractivity contribution in [3.05, 3.63) is 0 Å². The summed E-state index contributed by atoms with van der Waals surface area (Å²) in [4.78, 5) is 0. The second-order valence-corrected chi connectivity index (χ2v) is 6.94. The lowest BCUT2D eigenvalue weighted by Crippen LogP contribution is -2.13. The maximum absolute atomic E-state index is 9.46. The molecule has 3 atom stereocenters. The van der Waals surface area contributed by atoms with Crippen LogP contribution in [0.4, 0.5) is 0 Å². The van der Waals surface area contributed by atoms with Crippen LogP contribution < -0.4 is 0 Å². The molecular weight excluding hydrogens is 172 g/mol. The highest BCUT2D eigenvalue weighted by atomic mass is 16.3. The molecule has 14 heavy (non-hydrogen) atoms. The predicted octanol–water partition coefficient (Wildman–Crippen LogP) is 3.08. The van der Waals surface area contributed by atoms with Gasteiger partial charge in [-0.3, -0.25) is 0 Å². The molecule has 0 aromatic rings. The van der Waals surface area contributed by atoms with E-state index in [4.69, 9.17) is 0 Å². The van der Waals surface area contributed by atoms with Crippen LogP contribution in [0.1, 0.15) is 47.5 Å². The second-order valence-electron chi connectivity index (χ2n) is 6.94. The fourth-order valence-corrected chi connectivity index (χ4v) is 4.77. The summed E-state index contributed by atoms with van der Waals surface area (Å²) in [6.45, 7) is 12.2. The standard InChI is InChI=1S/C13H24O/c1-9-6-11(2,3)8-13(9)10(7-14)12(13,4)5/h9-10,14H,6-8H2,1-5H3. The first-order chi connectivity index (χ1) is 6.28. The normalized spacial score (nSPS) is 48.4. The van der Waals surface area contributed by atoms with E-state index in [0.29, 0.717) is 28.8 Å². The van der Waals surface area contributed by atoms with Gasteiger partial charge in [0.25, 0.3) is 0 Å². The molecule has 0 aromatic heterocycles. The number of aliphatic hydroxyl groups excluding tert-OH is 1. The van der Waals surface area contributed by atoms with Gasteiger partial charge in [0.1, 0.15) is 0 Å². The summed E-state index contributed by atoms with van der Waals surface area (Å²) < 4.78 is 0. The summed E-state index contributed by atoms with van der Waals surface area (Å²) in [7, 11) is 0. The Morgan fingerprint density at radius 1 is 1.21 bits per heavy atom. The van der Waals surface area contributed by atoms with Crippen molar-refractivity contribution in [3.63, 3.8) is 0 Å². The molecule has 2 aliphatic rings. The average Bonchev–Trinajstić information content (AvgIpc) is 2.32. The van der Waals surface area contributed by atoms with Gasteiger partial charge in [-0.25, -0.2) is 0 Å². The van der Waals surface area contributed by atoms with Crippen LogP contribution in [-0.4, -0.2) is 11.7 Å². The third kappa shape index (κ3) is 0.997. The SMILES string of the molecule is CC1CC(C)(C)CC12C(CO)C2(C)C. The maximum Gasteiger partial charge on any atom is 0.0470 e. The zero-order valence-electron chi connectivity index (χ0n) is 10.2. The van der Waals surface area contributed by atoms with Gasteiger partial charge < -0.3 is 5.11 Å². The Morgan fingerprint density at radius 3 is 2.07 bits per heavy atom. The van der Waals surface area contributed by atoms with E-state index in [1.165, 1.54) is 12.8 Å². The third-order valence-corrected chi connectivity index (χ3v) is 5.30. The van der Waals surface area contributed by atoms with Crippen LogP contribution in [0.5, 0.6) is 0 Å². The van der Waals surface area contributed by atoms with Crippen molar-refractivity contribution in [2.24, 2.45) is 28.1 Å². The lowest BCUT2D eigenvalue weighted by molar-refractivity contribution is 0.228. The molecule has 0 bridgehead atoms. The first-order valence-electron chi connectivity index (χ1n) is 5.89. The maximum atomic E-state index is 9.46. The molecule has 0 radical (unpaired) electrons. The zero-order chi connectivity index (χ0) is 10.8. The van der Waals surface area contributed by atoms with Crippen molar-refractivity contribution in [3.8, 4) is 0 Å². The van der Waals surface area contributed by atoms with Crippen LogP contribution in [-0.2, 0) is 0 Å². The summed E-state index contributed by atoms with van der Waals surface area (Å²) in [5.74, 6) is 1.33. The number of hydrogen-bond acceptors (Lipinski definition) is 1. The highest BCUT2D eigenvalue weighted by molar-refractivity contribution is 5.22. The fourth-order valence-electron chi connectivity index (χ4n) is 4.77. The molecule has 2 fully saturated rings. The van der Waals surface area contributed by atoms with E-state index in [9.17, 15) is 5.11 Å². The summed E-state index contributed by atoms with van der Waals surface area (Å²) in [5.41, 5.74) is 1.31. The van der Waals surface area contributed by atoms with Gasteiger partial charge in [0, 0.05) is 6.61 Å². The van der Waals surface area contributed by atoms with Crippen LogP contribution in [0, 0.1) is 28.1 Å². The summed E-state index contributed by atoms with van der Waals surface area (Å²) >= 11 is 0. The topological polar surface area (TPSA) is 20.2 Å². The molecule has 2 aliphatic carbocycles. The smallest absolute Gasteiger partial charge is 0.0470 e. The zero-order valence-corrected chi connectivity index (χ0v) is 10.2. The molecule has 1 heteroatoms. The lowest BCUT2D eigenvalue weighted by Gasteiger charge is -2.20. The molecule has 0 amide bonds.